The quantitative estimate of drug-likeness (QED) is 0.613. The summed E-state index contributed by atoms with van der Waals surface area (Å²) in [6.45, 7) is 0.591. The van der Waals surface area contributed by atoms with E-state index in [1.165, 1.54) is 16.7 Å². The number of allylic oxidation sites excluding steroid dienone is 1. The maximum Gasteiger partial charge on any atom is 0.0794 e. The molecule has 1 aliphatic carbocycles. The zero-order chi connectivity index (χ0) is 14.9. The Morgan fingerprint density at radius 1 is 0.952 bits per heavy atom. The van der Waals surface area contributed by atoms with Crippen LogP contribution in [0.1, 0.15) is 23.1 Å². The van der Waals surface area contributed by atoms with Crippen LogP contribution in [0.5, 0.6) is 0 Å². The Bertz CT molecular complexity index is 655. The molecule has 108 valence electrons. The third-order valence-electron chi connectivity index (χ3n) is 4.32. The predicted molar refractivity (Wildman–Crippen MR) is 87.7 cm³/mol. The van der Waals surface area contributed by atoms with Gasteiger partial charge in [-0.1, -0.05) is 66.7 Å². The molecule has 0 aromatic heterocycles. The van der Waals surface area contributed by atoms with Crippen LogP contribution in [0.3, 0.4) is 0 Å². The maximum absolute atomic E-state index is 12.1. The first-order valence-corrected chi connectivity index (χ1v) is 7.40. The number of hydroxylamine groups is 3. The molecule has 0 spiro atoms. The van der Waals surface area contributed by atoms with Gasteiger partial charge in [0, 0.05) is 11.8 Å². The van der Waals surface area contributed by atoms with Crippen molar-refractivity contribution in [1.29, 1.82) is 0 Å². The molecular weight excluding hydrogens is 258 g/mol. The van der Waals surface area contributed by atoms with Gasteiger partial charge in [0.05, 0.1) is 20.6 Å². The van der Waals surface area contributed by atoms with Gasteiger partial charge >= 0.3 is 0 Å². The van der Waals surface area contributed by atoms with Gasteiger partial charge in [-0.25, -0.2) is 0 Å². The molecule has 3 rings (SSSR count). The molecule has 0 fully saturated rings. The minimum Gasteiger partial charge on any atom is -0.633 e. The molecule has 2 heteroatoms. The summed E-state index contributed by atoms with van der Waals surface area (Å²) < 4.78 is -0.259. The van der Waals surface area contributed by atoms with Crippen LogP contribution < -0.4 is 0 Å². The van der Waals surface area contributed by atoms with Crippen molar-refractivity contribution in [3.05, 3.63) is 82.6 Å². The van der Waals surface area contributed by atoms with Gasteiger partial charge in [-0.15, -0.1) is 0 Å². The van der Waals surface area contributed by atoms with Gasteiger partial charge < -0.3 is 9.85 Å². The standard InChI is InChI=1S/C19H21NO/c1-20(2,21)15-14-19(17-9-4-3-5-10-17)13-12-16-8-6-7-11-18(16)19/h3-13H,14-15H2,1-2H3/t19-/m0/s1. The van der Waals surface area contributed by atoms with Gasteiger partial charge in [-0.3, -0.25) is 0 Å². The van der Waals surface area contributed by atoms with E-state index in [0.717, 1.165) is 6.42 Å². The highest BCUT2D eigenvalue weighted by atomic mass is 16.5. The van der Waals surface area contributed by atoms with Crippen molar-refractivity contribution in [2.45, 2.75) is 11.8 Å². The van der Waals surface area contributed by atoms with Gasteiger partial charge in [0.1, 0.15) is 0 Å². The lowest BCUT2D eigenvalue weighted by Gasteiger charge is -2.38. The maximum atomic E-state index is 12.1. The second-order valence-electron chi connectivity index (χ2n) is 6.31. The Kier molecular flexibility index (Phi) is 3.44. The van der Waals surface area contributed by atoms with Gasteiger partial charge in [0.25, 0.3) is 0 Å². The molecule has 0 saturated carbocycles. The van der Waals surface area contributed by atoms with Crippen LogP contribution in [0.25, 0.3) is 6.08 Å². The number of hydrogen-bond donors (Lipinski definition) is 0. The van der Waals surface area contributed by atoms with E-state index in [2.05, 4.69) is 60.7 Å². The summed E-state index contributed by atoms with van der Waals surface area (Å²) in [4.78, 5) is 0. The molecule has 21 heavy (non-hydrogen) atoms. The largest absolute Gasteiger partial charge is 0.633 e. The topological polar surface area (TPSA) is 23.1 Å². The third kappa shape index (κ3) is 2.65. The van der Waals surface area contributed by atoms with Crippen molar-refractivity contribution in [2.75, 3.05) is 20.6 Å². The minimum atomic E-state index is -0.259. The summed E-state index contributed by atoms with van der Waals surface area (Å²) in [5.74, 6) is 0. The van der Waals surface area contributed by atoms with Crippen LogP contribution in [0.15, 0.2) is 60.7 Å². The molecule has 0 radical (unpaired) electrons. The molecule has 0 amide bonds. The average molecular weight is 279 g/mol. The van der Waals surface area contributed by atoms with E-state index in [9.17, 15) is 5.21 Å². The van der Waals surface area contributed by atoms with Crippen molar-refractivity contribution >= 4 is 6.08 Å². The monoisotopic (exact) mass is 279 g/mol. The number of nitrogens with zero attached hydrogens (tertiary/aromatic N) is 1. The van der Waals surface area contributed by atoms with Gasteiger partial charge in [0.15, 0.2) is 0 Å². The molecule has 0 bridgehead atoms. The number of fused-ring (bicyclic) bond motifs is 1. The van der Waals surface area contributed by atoms with E-state index in [1.54, 1.807) is 14.1 Å². The normalized spacial score (nSPS) is 20.5. The van der Waals surface area contributed by atoms with Crippen LogP contribution >= 0.6 is 0 Å². The van der Waals surface area contributed by atoms with Crippen molar-refractivity contribution in [3.8, 4) is 0 Å². The number of quaternary nitrogens is 1. The van der Waals surface area contributed by atoms with Crippen LogP contribution in [0.2, 0.25) is 0 Å². The van der Waals surface area contributed by atoms with E-state index in [4.69, 9.17) is 0 Å². The fraction of sp³-hybridized carbons (Fsp3) is 0.263. The second kappa shape index (κ2) is 5.14. The summed E-state index contributed by atoms with van der Waals surface area (Å²) in [6.07, 6.45) is 5.27. The summed E-state index contributed by atoms with van der Waals surface area (Å²) in [5, 5.41) is 12.1. The summed E-state index contributed by atoms with van der Waals surface area (Å²) in [7, 11) is 3.42. The fourth-order valence-electron chi connectivity index (χ4n) is 3.17. The summed E-state index contributed by atoms with van der Waals surface area (Å²) in [5.41, 5.74) is 3.67. The lowest BCUT2D eigenvalue weighted by atomic mass is 9.73. The highest BCUT2D eigenvalue weighted by Gasteiger charge is 2.37. The Hall–Kier alpha value is -1.90. The SMILES string of the molecule is C[N+](C)([O-])CC[C@]1(c2ccccc2)C=Cc2ccccc21. The van der Waals surface area contributed by atoms with Crippen LogP contribution in [0, 0.1) is 5.21 Å². The summed E-state index contributed by atoms with van der Waals surface area (Å²) >= 11 is 0. The van der Waals surface area contributed by atoms with E-state index in [-0.39, 0.29) is 10.1 Å². The summed E-state index contributed by atoms with van der Waals surface area (Å²) in [6, 6.07) is 19.0. The lowest BCUT2D eigenvalue weighted by molar-refractivity contribution is -0.840. The Balaban J connectivity index is 2.08. The first-order valence-electron chi connectivity index (χ1n) is 7.40. The van der Waals surface area contributed by atoms with Gasteiger partial charge in [-0.05, 0) is 16.7 Å². The number of hydrogen-bond acceptors (Lipinski definition) is 1. The van der Waals surface area contributed by atoms with Crippen molar-refractivity contribution < 1.29 is 4.65 Å². The van der Waals surface area contributed by atoms with Crippen LogP contribution in [-0.4, -0.2) is 25.3 Å². The van der Waals surface area contributed by atoms with Crippen LogP contribution in [-0.2, 0) is 5.41 Å². The molecule has 2 aromatic rings. The van der Waals surface area contributed by atoms with E-state index in [0.29, 0.717) is 6.54 Å². The van der Waals surface area contributed by atoms with Crippen molar-refractivity contribution in [3.63, 3.8) is 0 Å². The molecule has 1 aliphatic rings. The third-order valence-corrected chi connectivity index (χ3v) is 4.32. The van der Waals surface area contributed by atoms with Crippen LogP contribution in [0.4, 0.5) is 0 Å². The van der Waals surface area contributed by atoms with Crippen molar-refractivity contribution in [1.82, 2.24) is 0 Å². The van der Waals surface area contributed by atoms with E-state index >= 15 is 0 Å². The zero-order valence-electron chi connectivity index (χ0n) is 12.6. The molecule has 1 atom stereocenters. The highest BCUT2D eigenvalue weighted by Crippen LogP contribution is 2.44. The van der Waals surface area contributed by atoms with E-state index < -0.39 is 0 Å². The molecule has 0 N–H and O–H groups in total. The zero-order valence-corrected chi connectivity index (χ0v) is 12.6. The molecule has 2 aromatic carbocycles. The molecule has 0 unspecified atom stereocenters. The second-order valence-corrected chi connectivity index (χ2v) is 6.31. The predicted octanol–water partition coefficient (Wildman–Crippen LogP) is 3.96. The number of benzene rings is 2. The van der Waals surface area contributed by atoms with Gasteiger partial charge in [0.2, 0.25) is 0 Å². The molecule has 0 saturated heterocycles. The molecule has 0 aliphatic heterocycles. The average Bonchev–Trinajstić information content (AvgIpc) is 2.86. The molecule has 2 nitrogen and oxygen atoms in total. The number of rotatable bonds is 4. The Morgan fingerprint density at radius 2 is 1.62 bits per heavy atom. The van der Waals surface area contributed by atoms with Crippen molar-refractivity contribution in [2.24, 2.45) is 0 Å². The van der Waals surface area contributed by atoms with Gasteiger partial charge in [-0.2, -0.15) is 0 Å². The first-order chi connectivity index (χ1) is 10.0. The smallest absolute Gasteiger partial charge is 0.0794 e. The fourth-order valence-corrected chi connectivity index (χ4v) is 3.17. The van der Waals surface area contributed by atoms with E-state index in [1.807, 2.05) is 6.07 Å². The molecular formula is C19H21NO. The first kappa shape index (κ1) is 14.1. The Labute approximate surface area is 126 Å². The lowest BCUT2D eigenvalue weighted by Crippen LogP contribution is -2.38. The highest BCUT2D eigenvalue weighted by molar-refractivity contribution is 5.68. The Morgan fingerprint density at radius 3 is 2.33 bits per heavy atom. The molecule has 0 heterocycles. The minimum absolute atomic E-state index is 0.169.